The second-order valence-corrected chi connectivity index (χ2v) is 14.8. The molecule has 184 valence electrons. The zero-order valence-corrected chi connectivity index (χ0v) is 24.2. The Bertz CT molecular complexity index is 626. The molecule has 0 spiro atoms. The Morgan fingerprint density at radius 3 is 1.12 bits per heavy atom. The van der Waals surface area contributed by atoms with Gasteiger partial charge in [-0.3, -0.25) is 19.2 Å². The van der Waals surface area contributed by atoms with Crippen molar-refractivity contribution < 1.29 is 19.2 Å². The van der Waals surface area contributed by atoms with Gasteiger partial charge in [0.05, 0.1) is 9.16 Å². The smallest absolute Gasteiger partial charge is 0.211 e. The molecule has 0 aliphatic heterocycles. The Morgan fingerprint density at radius 1 is 0.515 bits per heavy atom. The first-order valence-corrected chi connectivity index (χ1v) is 16.9. The van der Waals surface area contributed by atoms with Gasteiger partial charge in [-0.05, 0) is 37.1 Å². The maximum absolute atomic E-state index is 11.6. The van der Waals surface area contributed by atoms with E-state index < -0.39 is 0 Å². The highest BCUT2D eigenvalue weighted by atomic mass is 32.2. The van der Waals surface area contributed by atoms with Crippen molar-refractivity contribution in [3.05, 3.63) is 50.6 Å². The number of hydrogen-bond acceptors (Lipinski definition) is 11. The predicted molar refractivity (Wildman–Crippen MR) is 160 cm³/mol. The zero-order chi connectivity index (χ0) is 24.9. The molecule has 4 nitrogen and oxygen atoms in total. The molecule has 2 atom stereocenters. The predicted octanol–water partition coefficient (Wildman–Crippen LogP) is 6.40. The van der Waals surface area contributed by atoms with E-state index in [1.54, 1.807) is 23.5 Å². The van der Waals surface area contributed by atoms with Gasteiger partial charge in [0.1, 0.15) is 0 Å². The van der Waals surface area contributed by atoms with Crippen LogP contribution in [0.4, 0.5) is 0 Å². The number of rotatable bonds is 20. The molecular formula is C22H30O4S7. The Labute approximate surface area is 227 Å². The fraction of sp³-hybridized carbons (Fsp3) is 0.455. The van der Waals surface area contributed by atoms with E-state index in [0.29, 0.717) is 23.0 Å². The third-order valence-electron chi connectivity index (χ3n) is 3.43. The third-order valence-corrected chi connectivity index (χ3v) is 12.1. The maximum atomic E-state index is 11.6. The van der Waals surface area contributed by atoms with Crippen LogP contribution in [0.2, 0.25) is 0 Å². The van der Waals surface area contributed by atoms with E-state index >= 15 is 0 Å². The van der Waals surface area contributed by atoms with E-state index in [-0.39, 0.29) is 29.6 Å². The van der Waals surface area contributed by atoms with Gasteiger partial charge < -0.3 is 0 Å². The SMILES string of the molecule is C=CC(=O)SCCSC(CCSC(=O)C=C)SC(CCSC(=O)C=C)SCCSC(=O)C=C. The van der Waals surface area contributed by atoms with E-state index in [1.165, 1.54) is 71.4 Å². The second kappa shape index (κ2) is 22.5. The van der Waals surface area contributed by atoms with E-state index in [1.807, 2.05) is 11.8 Å². The third kappa shape index (κ3) is 20.0. The van der Waals surface area contributed by atoms with Crippen LogP contribution in [-0.4, -0.2) is 64.1 Å². The monoisotopic (exact) mass is 582 g/mol. The van der Waals surface area contributed by atoms with Crippen molar-refractivity contribution in [3.63, 3.8) is 0 Å². The highest BCUT2D eigenvalue weighted by Crippen LogP contribution is 2.39. The number of carbonyl (C=O) groups is 4. The molecule has 0 N–H and O–H groups in total. The summed E-state index contributed by atoms with van der Waals surface area (Å²) in [7, 11) is 0. The van der Waals surface area contributed by atoms with Crippen molar-refractivity contribution >= 4 is 103 Å². The van der Waals surface area contributed by atoms with Crippen LogP contribution < -0.4 is 0 Å². The van der Waals surface area contributed by atoms with Gasteiger partial charge in [-0.15, -0.1) is 35.3 Å². The summed E-state index contributed by atoms with van der Waals surface area (Å²) in [5, 5.41) is -0.137. The molecule has 0 aliphatic rings. The molecular weight excluding hydrogens is 553 g/mol. The Hall–Kier alpha value is 0.0900. The molecule has 33 heavy (non-hydrogen) atoms. The summed E-state index contributed by atoms with van der Waals surface area (Å²) >= 11 is 10.4. The molecule has 0 aliphatic carbocycles. The second-order valence-electron chi connectivity index (χ2n) is 5.80. The quantitative estimate of drug-likeness (QED) is 0.0909. The Kier molecular flexibility index (Phi) is 22.6. The number of hydrogen-bond donors (Lipinski definition) is 0. The van der Waals surface area contributed by atoms with Crippen molar-refractivity contribution in [1.29, 1.82) is 0 Å². The molecule has 0 aromatic heterocycles. The van der Waals surface area contributed by atoms with Crippen LogP contribution in [0.15, 0.2) is 50.6 Å². The summed E-state index contributed by atoms with van der Waals surface area (Å²) in [6.45, 7) is 14.0. The summed E-state index contributed by atoms with van der Waals surface area (Å²) in [4.78, 5) is 46.0. The van der Waals surface area contributed by atoms with Crippen LogP contribution in [0.25, 0.3) is 0 Å². The van der Waals surface area contributed by atoms with Gasteiger partial charge in [-0.2, -0.15) is 0 Å². The van der Waals surface area contributed by atoms with Gasteiger partial charge in [-0.25, -0.2) is 0 Å². The lowest BCUT2D eigenvalue weighted by Crippen LogP contribution is -2.11. The molecule has 0 bridgehead atoms. The van der Waals surface area contributed by atoms with Gasteiger partial charge in [0.15, 0.2) is 0 Å². The number of thioether (sulfide) groups is 7. The summed E-state index contributed by atoms with van der Waals surface area (Å²) in [6, 6.07) is 0. The molecule has 0 saturated heterocycles. The fourth-order valence-corrected chi connectivity index (χ4v) is 10.1. The first kappa shape index (κ1) is 33.1. The summed E-state index contributed by atoms with van der Waals surface area (Å²) < 4.78 is 0.490. The molecule has 0 fully saturated rings. The van der Waals surface area contributed by atoms with Crippen LogP contribution in [0.3, 0.4) is 0 Å². The van der Waals surface area contributed by atoms with Crippen molar-refractivity contribution in [2.75, 3.05) is 34.5 Å². The van der Waals surface area contributed by atoms with Crippen LogP contribution in [0.5, 0.6) is 0 Å². The van der Waals surface area contributed by atoms with Gasteiger partial charge in [0.25, 0.3) is 0 Å². The molecule has 0 aromatic carbocycles. The average Bonchev–Trinajstić information content (AvgIpc) is 2.82. The summed E-state index contributed by atoms with van der Waals surface area (Å²) in [5.74, 6) is 4.41. The van der Waals surface area contributed by atoms with Gasteiger partial charge in [0, 0.05) is 34.5 Å². The lowest BCUT2D eigenvalue weighted by Gasteiger charge is -2.23. The highest BCUT2D eigenvalue weighted by molar-refractivity contribution is 8.25. The molecule has 0 aromatic rings. The normalized spacial score (nSPS) is 12.4. The molecule has 11 heteroatoms. The molecule has 0 radical (unpaired) electrons. The zero-order valence-electron chi connectivity index (χ0n) is 18.4. The summed E-state index contributed by atoms with van der Waals surface area (Å²) in [5.41, 5.74) is 0. The minimum atomic E-state index is -0.0370. The van der Waals surface area contributed by atoms with Gasteiger partial charge in [-0.1, -0.05) is 73.4 Å². The van der Waals surface area contributed by atoms with Gasteiger partial charge >= 0.3 is 0 Å². The summed E-state index contributed by atoms with van der Waals surface area (Å²) in [6.07, 6.45) is 6.96. The first-order chi connectivity index (χ1) is 15.9. The highest BCUT2D eigenvalue weighted by Gasteiger charge is 2.19. The van der Waals surface area contributed by atoms with Crippen LogP contribution in [-0.2, 0) is 19.2 Å². The maximum Gasteiger partial charge on any atom is 0.211 e. The van der Waals surface area contributed by atoms with E-state index in [0.717, 1.165) is 24.3 Å². The Morgan fingerprint density at radius 2 is 0.818 bits per heavy atom. The molecule has 0 rings (SSSR count). The molecule has 2 unspecified atom stereocenters. The van der Waals surface area contributed by atoms with Crippen LogP contribution >= 0.6 is 82.3 Å². The van der Waals surface area contributed by atoms with E-state index in [2.05, 4.69) is 26.3 Å². The topological polar surface area (TPSA) is 68.3 Å². The standard InChI is InChI=1S/C22H30O4S7/c1-5-17(23)27-11-9-21(31-15-13-29-19(25)7-3)33-22(10-12-28-18(24)6-2)32-16-14-30-20(26)8-4/h5-8,21-22H,1-4,9-16H2. The van der Waals surface area contributed by atoms with Crippen molar-refractivity contribution in [3.8, 4) is 0 Å². The van der Waals surface area contributed by atoms with E-state index in [4.69, 9.17) is 0 Å². The van der Waals surface area contributed by atoms with E-state index in [9.17, 15) is 19.2 Å². The minimum absolute atomic E-state index is 0.0316. The molecule has 0 amide bonds. The minimum Gasteiger partial charge on any atom is -0.282 e. The fourth-order valence-electron chi connectivity index (χ4n) is 1.94. The molecule has 0 heterocycles. The van der Waals surface area contributed by atoms with Gasteiger partial charge in [0.2, 0.25) is 20.5 Å². The Balaban J connectivity index is 4.91. The largest absolute Gasteiger partial charge is 0.282 e. The first-order valence-electron chi connectivity index (χ1n) is 9.91. The molecule has 0 saturated carbocycles. The lowest BCUT2D eigenvalue weighted by molar-refractivity contribution is -0.107. The van der Waals surface area contributed by atoms with Crippen LogP contribution in [0.1, 0.15) is 12.8 Å². The van der Waals surface area contributed by atoms with Crippen molar-refractivity contribution in [2.24, 2.45) is 0 Å². The van der Waals surface area contributed by atoms with Crippen molar-refractivity contribution in [1.82, 2.24) is 0 Å². The van der Waals surface area contributed by atoms with Crippen molar-refractivity contribution in [2.45, 2.75) is 22.0 Å². The number of carbonyl (C=O) groups excluding carboxylic acids is 4. The lowest BCUT2D eigenvalue weighted by atomic mass is 10.5. The average molecular weight is 583 g/mol. The van der Waals surface area contributed by atoms with Crippen LogP contribution in [0, 0.1) is 0 Å².